The molecule has 0 aromatic heterocycles. The van der Waals surface area contributed by atoms with Crippen LogP contribution in [0.2, 0.25) is 5.02 Å². The highest BCUT2D eigenvalue weighted by molar-refractivity contribution is 6.30. The number of carbonyl (C=O) groups is 2. The van der Waals surface area contributed by atoms with Gasteiger partial charge in [0.15, 0.2) is 6.04 Å². The lowest BCUT2D eigenvalue weighted by molar-refractivity contribution is -0.125. The number of carbonyl (C=O) groups excluding carboxylic acids is 2. The molecule has 9 heteroatoms. The van der Waals surface area contributed by atoms with E-state index in [2.05, 4.69) is 5.32 Å². The molecule has 0 bridgehead atoms. The average Bonchev–Trinajstić information content (AvgIpc) is 3.11. The highest BCUT2D eigenvalue weighted by Crippen LogP contribution is 2.41. The Hall–Kier alpha value is -3.72. The van der Waals surface area contributed by atoms with E-state index in [9.17, 15) is 14.8 Å². The van der Waals surface area contributed by atoms with Crippen LogP contribution in [0.5, 0.6) is 0 Å². The number of benzene rings is 3. The fraction of sp³-hybridized carbons (Fsp3) is 0.192. The number of hydrogen-bond donors (Lipinski definition) is 4. The number of hydroxylamine groups is 2. The standard InChI is InChI=1S/C26H26ClN5O3/c1-15(17-8-10-21(27)11-9-17)31-26(34)23-12-19-6-7-20(24(28)29)13-22(19)32(23,35)14-16-2-4-18(5-3-16)25(30)33/h2-11,13,15,23H,12,14H2,1H3,(H3,28,29)(H2,30,33)(H,31,34)/t15-,23?,32?/m0/s1. The van der Waals surface area contributed by atoms with Gasteiger partial charge in [0, 0.05) is 39.8 Å². The van der Waals surface area contributed by atoms with E-state index >= 15 is 0 Å². The van der Waals surface area contributed by atoms with Gasteiger partial charge in [-0.1, -0.05) is 48.0 Å². The molecule has 1 aliphatic heterocycles. The molecule has 0 aliphatic carbocycles. The predicted molar refractivity (Wildman–Crippen MR) is 137 cm³/mol. The number of nitrogen functional groups attached to an aromatic ring is 1. The molecule has 1 heterocycles. The topological polar surface area (TPSA) is 145 Å². The van der Waals surface area contributed by atoms with Crippen molar-refractivity contribution in [1.29, 1.82) is 5.41 Å². The minimum atomic E-state index is -0.947. The van der Waals surface area contributed by atoms with Crippen LogP contribution in [-0.4, -0.2) is 23.7 Å². The van der Waals surface area contributed by atoms with E-state index in [1.165, 1.54) is 0 Å². The zero-order valence-electron chi connectivity index (χ0n) is 19.1. The summed E-state index contributed by atoms with van der Waals surface area (Å²) in [6, 6.07) is 17.4. The van der Waals surface area contributed by atoms with Gasteiger partial charge in [-0.15, -0.1) is 0 Å². The molecule has 3 atom stereocenters. The summed E-state index contributed by atoms with van der Waals surface area (Å²) >= 11 is 5.97. The van der Waals surface area contributed by atoms with Crippen molar-refractivity contribution in [2.75, 3.05) is 0 Å². The summed E-state index contributed by atoms with van der Waals surface area (Å²) in [5, 5.41) is 25.8. The number of hydrogen-bond acceptors (Lipinski definition) is 4. The van der Waals surface area contributed by atoms with Crippen LogP contribution >= 0.6 is 11.6 Å². The van der Waals surface area contributed by atoms with E-state index in [1.807, 2.05) is 19.1 Å². The number of nitrogens with one attached hydrogen (secondary N) is 2. The molecule has 0 radical (unpaired) electrons. The normalized spacial score (nSPS) is 19.6. The molecule has 0 fully saturated rings. The maximum absolute atomic E-state index is 14.5. The summed E-state index contributed by atoms with van der Waals surface area (Å²) in [7, 11) is 0. The number of rotatable bonds is 7. The van der Waals surface area contributed by atoms with Crippen molar-refractivity contribution in [3.63, 3.8) is 0 Å². The first-order valence-electron chi connectivity index (χ1n) is 11.1. The first-order chi connectivity index (χ1) is 16.6. The lowest BCUT2D eigenvalue weighted by Gasteiger charge is -2.43. The van der Waals surface area contributed by atoms with E-state index in [0.717, 1.165) is 11.1 Å². The lowest BCUT2D eigenvalue weighted by Crippen LogP contribution is -2.56. The second-order valence-electron chi connectivity index (χ2n) is 8.77. The van der Waals surface area contributed by atoms with Crippen molar-refractivity contribution in [2.24, 2.45) is 11.5 Å². The minimum Gasteiger partial charge on any atom is -0.627 e. The number of amides is 2. The van der Waals surface area contributed by atoms with Crippen LogP contribution < -0.4 is 21.4 Å². The summed E-state index contributed by atoms with van der Waals surface area (Å²) in [5.41, 5.74) is 14.4. The Morgan fingerprint density at radius 1 is 1.09 bits per heavy atom. The fourth-order valence-electron chi connectivity index (χ4n) is 4.45. The largest absolute Gasteiger partial charge is 0.627 e. The molecule has 4 rings (SSSR count). The Morgan fingerprint density at radius 2 is 1.71 bits per heavy atom. The van der Waals surface area contributed by atoms with Gasteiger partial charge in [0.2, 0.25) is 5.91 Å². The predicted octanol–water partition coefficient (Wildman–Crippen LogP) is 3.53. The maximum Gasteiger partial charge on any atom is 0.279 e. The van der Waals surface area contributed by atoms with Crippen LogP contribution in [-0.2, 0) is 17.8 Å². The molecule has 6 N–H and O–H groups in total. The Morgan fingerprint density at radius 3 is 2.31 bits per heavy atom. The lowest BCUT2D eigenvalue weighted by atomic mass is 10.1. The van der Waals surface area contributed by atoms with Gasteiger partial charge in [0.1, 0.15) is 18.1 Å². The Balaban J connectivity index is 1.67. The second kappa shape index (κ2) is 9.50. The highest BCUT2D eigenvalue weighted by Gasteiger charge is 2.45. The van der Waals surface area contributed by atoms with Crippen molar-refractivity contribution < 1.29 is 9.59 Å². The first-order valence-corrected chi connectivity index (χ1v) is 11.5. The van der Waals surface area contributed by atoms with Crippen LogP contribution in [0.4, 0.5) is 5.69 Å². The quantitative estimate of drug-likeness (QED) is 0.173. The molecule has 2 amide bonds. The molecular formula is C26H26ClN5O3. The van der Waals surface area contributed by atoms with Crippen LogP contribution in [0, 0.1) is 10.6 Å². The monoisotopic (exact) mass is 491 g/mol. The molecule has 8 nitrogen and oxygen atoms in total. The van der Waals surface area contributed by atoms with E-state index in [-0.39, 0.29) is 30.8 Å². The molecular weight excluding hydrogens is 466 g/mol. The first kappa shape index (κ1) is 24.4. The van der Waals surface area contributed by atoms with Gasteiger partial charge in [-0.3, -0.25) is 15.0 Å². The van der Waals surface area contributed by atoms with Crippen LogP contribution in [0.25, 0.3) is 0 Å². The van der Waals surface area contributed by atoms with Crippen molar-refractivity contribution in [2.45, 2.75) is 32.0 Å². The number of primary amides is 1. The molecule has 35 heavy (non-hydrogen) atoms. The van der Waals surface area contributed by atoms with Gasteiger partial charge in [-0.25, -0.2) is 0 Å². The Labute approximate surface area is 208 Å². The van der Waals surface area contributed by atoms with Gasteiger partial charge < -0.3 is 26.6 Å². The van der Waals surface area contributed by atoms with Crippen LogP contribution in [0.3, 0.4) is 0 Å². The maximum atomic E-state index is 14.5. The molecule has 3 aromatic rings. The molecule has 180 valence electrons. The summed E-state index contributed by atoms with van der Waals surface area (Å²) in [6.07, 6.45) is 0.246. The van der Waals surface area contributed by atoms with Crippen molar-refractivity contribution >= 4 is 34.9 Å². The van der Waals surface area contributed by atoms with Crippen molar-refractivity contribution in [3.8, 4) is 0 Å². The fourth-order valence-corrected chi connectivity index (χ4v) is 4.57. The third-order valence-electron chi connectivity index (χ3n) is 6.41. The number of nitrogens with zero attached hydrogens (tertiary/aromatic N) is 1. The van der Waals surface area contributed by atoms with Crippen LogP contribution in [0.15, 0.2) is 66.7 Å². The van der Waals surface area contributed by atoms with Crippen molar-refractivity contribution in [3.05, 3.63) is 105 Å². The summed E-state index contributed by atoms with van der Waals surface area (Å²) in [5.74, 6) is -1.10. The average molecular weight is 492 g/mol. The smallest absolute Gasteiger partial charge is 0.279 e. The van der Waals surface area contributed by atoms with Crippen molar-refractivity contribution in [1.82, 2.24) is 9.96 Å². The summed E-state index contributed by atoms with van der Waals surface area (Å²) < 4.78 is -0.939. The molecule has 0 saturated heterocycles. The van der Waals surface area contributed by atoms with E-state index in [1.54, 1.807) is 54.6 Å². The van der Waals surface area contributed by atoms with E-state index in [4.69, 9.17) is 28.5 Å². The van der Waals surface area contributed by atoms with Gasteiger partial charge in [-0.2, -0.15) is 0 Å². The summed E-state index contributed by atoms with van der Waals surface area (Å²) in [4.78, 5) is 24.9. The number of fused-ring (bicyclic) bond motifs is 1. The molecule has 0 spiro atoms. The Kier molecular flexibility index (Phi) is 6.62. The number of nitrogens with two attached hydrogens (primary N) is 2. The number of quaternary nitrogens is 1. The number of amidine groups is 1. The zero-order chi connectivity index (χ0) is 25.3. The van der Waals surface area contributed by atoms with Gasteiger partial charge >= 0.3 is 0 Å². The molecule has 1 aliphatic rings. The van der Waals surface area contributed by atoms with Gasteiger partial charge in [0.05, 0.1) is 6.04 Å². The SMILES string of the molecule is C[C@H](NC(=O)C1Cc2ccc(C(=N)N)cc2[N+]1([O-])Cc1ccc(C(N)=O)cc1)c1ccc(Cl)cc1. The molecule has 2 unspecified atom stereocenters. The number of halogens is 1. The van der Waals surface area contributed by atoms with E-state index < -0.39 is 16.6 Å². The van der Waals surface area contributed by atoms with Gasteiger partial charge in [0.25, 0.3) is 5.91 Å². The van der Waals surface area contributed by atoms with Gasteiger partial charge in [-0.05, 0) is 36.8 Å². The third-order valence-corrected chi connectivity index (χ3v) is 6.66. The summed E-state index contributed by atoms with van der Waals surface area (Å²) in [6.45, 7) is 1.81. The zero-order valence-corrected chi connectivity index (χ0v) is 19.9. The minimum absolute atomic E-state index is 0.0409. The molecule has 3 aromatic carbocycles. The van der Waals surface area contributed by atoms with Crippen LogP contribution in [0.1, 0.15) is 45.6 Å². The second-order valence-corrected chi connectivity index (χ2v) is 9.21. The Bertz CT molecular complexity index is 1290. The van der Waals surface area contributed by atoms with E-state index in [0.29, 0.717) is 27.4 Å². The third kappa shape index (κ3) is 4.90. The molecule has 0 saturated carbocycles. The highest BCUT2D eigenvalue weighted by atomic mass is 35.5.